The number of halogens is 3. The van der Waals surface area contributed by atoms with Gasteiger partial charge in [-0.25, -0.2) is 4.98 Å². The second-order valence-electron chi connectivity index (χ2n) is 5.33. The average molecular weight is 357 g/mol. The van der Waals surface area contributed by atoms with E-state index in [1.165, 1.54) is 12.1 Å². The lowest BCUT2D eigenvalue weighted by atomic mass is 10.1. The lowest BCUT2D eigenvalue weighted by molar-refractivity contribution is -0.134. The number of anilines is 1. The van der Waals surface area contributed by atoms with Gasteiger partial charge in [0.15, 0.2) is 5.13 Å². The molecular formula is C15H14F3N3O2S. The van der Waals surface area contributed by atoms with Crippen molar-refractivity contribution < 1.29 is 23.1 Å². The first-order valence-electron chi connectivity index (χ1n) is 7.21. The van der Waals surface area contributed by atoms with E-state index in [2.05, 4.69) is 4.98 Å². The number of phenols is 1. The number of rotatable bonds is 2. The minimum Gasteiger partial charge on any atom is -0.508 e. The van der Waals surface area contributed by atoms with Crippen LogP contribution in [0, 0.1) is 0 Å². The van der Waals surface area contributed by atoms with E-state index >= 15 is 0 Å². The number of carbonyl (C=O) groups is 1. The molecule has 1 amide bonds. The molecule has 0 atom stereocenters. The Bertz CT molecular complexity index is 740. The van der Waals surface area contributed by atoms with Crippen molar-refractivity contribution in [2.45, 2.75) is 6.18 Å². The van der Waals surface area contributed by atoms with Crippen LogP contribution in [0.15, 0.2) is 30.5 Å². The molecule has 0 spiro atoms. The molecule has 0 aliphatic carbocycles. The van der Waals surface area contributed by atoms with Crippen LogP contribution in [0.4, 0.5) is 18.3 Å². The van der Waals surface area contributed by atoms with Crippen LogP contribution in [0.3, 0.4) is 0 Å². The Morgan fingerprint density at radius 1 is 1.21 bits per heavy atom. The van der Waals surface area contributed by atoms with Crippen LogP contribution in [-0.4, -0.2) is 47.1 Å². The minimum absolute atomic E-state index is 0.0157. The van der Waals surface area contributed by atoms with E-state index in [1.807, 2.05) is 0 Å². The molecule has 0 radical (unpaired) electrons. The second-order valence-corrected chi connectivity index (χ2v) is 6.34. The van der Waals surface area contributed by atoms with E-state index < -0.39 is 11.1 Å². The standard InChI is InChI=1S/C15H14F3N3O2S/c16-15(17,18)12-9-19-14(24-12)21-6-4-20(5-7-21)13(23)10-2-1-3-11(22)8-10/h1-3,8-9,22H,4-7H2. The van der Waals surface area contributed by atoms with Gasteiger partial charge in [-0.05, 0) is 18.2 Å². The Labute approximate surface area is 140 Å². The molecule has 1 aliphatic rings. The molecule has 1 fully saturated rings. The number of aromatic hydroxyl groups is 1. The van der Waals surface area contributed by atoms with Gasteiger partial charge in [0.05, 0.1) is 6.20 Å². The molecule has 1 saturated heterocycles. The molecule has 1 N–H and O–H groups in total. The summed E-state index contributed by atoms with van der Waals surface area (Å²) in [6.07, 6.45) is -3.55. The summed E-state index contributed by atoms with van der Waals surface area (Å²) >= 11 is 0.608. The molecule has 24 heavy (non-hydrogen) atoms. The van der Waals surface area contributed by atoms with Gasteiger partial charge in [-0.2, -0.15) is 13.2 Å². The molecule has 128 valence electrons. The van der Waals surface area contributed by atoms with Crippen LogP contribution in [0.25, 0.3) is 0 Å². The number of aromatic nitrogens is 1. The van der Waals surface area contributed by atoms with Crippen LogP contribution < -0.4 is 4.90 Å². The van der Waals surface area contributed by atoms with E-state index in [-0.39, 0.29) is 11.7 Å². The van der Waals surface area contributed by atoms with Gasteiger partial charge in [-0.3, -0.25) is 4.79 Å². The van der Waals surface area contributed by atoms with Crippen LogP contribution in [0.2, 0.25) is 0 Å². The molecule has 1 aromatic carbocycles. The van der Waals surface area contributed by atoms with Crippen LogP contribution in [-0.2, 0) is 6.18 Å². The van der Waals surface area contributed by atoms with Crippen molar-refractivity contribution >= 4 is 22.4 Å². The Kier molecular flexibility index (Phi) is 4.35. The molecule has 3 rings (SSSR count). The Morgan fingerprint density at radius 2 is 1.92 bits per heavy atom. The highest BCUT2D eigenvalue weighted by atomic mass is 32.1. The monoisotopic (exact) mass is 357 g/mol. The van der Waals surface area contributed by atoms with E-state index in [1.54, 1.807) is 21.9 Å². The largest absolute Gasteiger partial charge is 0.508 e. The van der Waals surface area contributed by atoms with Gasteiger partial charge < -0.3 is 14.9 Å². The highest BCUT2D eigenvalue weighted by Crippen LogP contribution is 2.36. The van der Waals surface area contributed by atoms with Gasteiger partial charge in [0, 0.05) is 31.7 Å². The summed E-state index contributed by atoms with van der Waals surface area (Å²) in [6, 6.07) is 6.08. The number of amides is 1. The van der Waals surface area contributed by atoms with Crippen LogP contribution in [0.1, 0.15) is 15.2 Å². The zero-order valence-electron chi connectivity index (χ0n) is 12.5. The summed E-state index contributed by atoms with van der Waals surface area (Å²) in [5.74, 6) is -0.192. The van der Waals surface area contributed by atoms with Gasteiger partial charge in [0.1, 0.15) is 10.6 Å². The fraction of sp³-hybridized carbons (Fsp3) is 0.333. The van der Waals surface area contributed by atoms with Gasteiger partial charge in [-0.15, -0.1) is 0 Å². The summed E-state index contributed by atoms with van der Waals surface area (Å²) in [5.41, 5.74) is 0.386. The van der Waals surface area contributed by atoms with Crippen LogP contribution >= 0.6 is 11.3 Å². The quantitative estimate of drug-likeness (QED) is 0.898. The van der Waals surface area contributed by atoms with Crippen molar-refractivity contribution in [1.29, 1.82) is 0 Å². The van der Waals surface area contributed by atoms with Crippen molar-refractivity contribution in [2.75, 3.05) is 31.1 Å². The molecule has 9 heteroatoms. The molecule has 0 bridgehead atoms. The molecular weight excluding hydrogens is 343 g/mol. The predicted molar refractivity (Wildman–Crippen MR) is 83.3 cm³/mol. The molecule has 1 aromatic heterocycles. The normalized spacial score (nSPS) is 15.6. The molecule has 5 nitrogen and oxygen atoms in total. The number of piperazine rings is 1. The maximum atomic E-state index is 12.6. The van der Waals surface area contributed by atoms with Crippen molar-refractivity contribution in [2.24, 2.45) is 0 Å². The highest BCUT2D eigenvalue weighted by Gasteiger charge is 2.34. The second kappa shape index (κ2) is 6.31. The number of alkyl halides is 3. The fourth-order valence-corrected chi connectivity index (χ4v) is 3.30. The summed E-state index contributed by atoms with van der Waals surface area (Å²) in [6.45, 7) is 1.59. The van der Waals surface area contributed by atoms with E-state index in [9.17, 15) is 23.1 Å². The van der Waals surface area contributed by atoms with E-state index in [0.717, 1.165) is 6.20 Å². The molecule has 0 unspecified atom stereocenters. The first-order chi connectivity index (χ1) is 11.3. The molecule has 2 heterocycles. The summed E-state index contributed by atoms with van der Waals surface area (Å²) in [7, 11) is 0. The zero-order valence-corrected chi connectivity index (χ0v) is 13.3. The van der Waals surface area contributed by atoms with Gasteiger partial charge >= 0.3 is 6.18 Å². The number of hydrogen-bond acceptors (Lipinski definition) is 5. The molecule has 1 aliphatic heterocycles. The highest BCUT2D eigenvalue weighted by molar-refractivity contribution is 7.15. The number of phenolic OH excluding ortho intramolecular Hbond substituents is 1. The SMILES string of the molecule is O=C(c1cccc(O)c1)N1CCN(c2ncc(C(F)(F)F)s2)CC1. The Balaban J connectivity index is 1.63. The third kappa shape index (κ3) is 3.45. The number of carbonyl (C=O) groups excluding carboxylic acids is 1. The summed E-state index contributed by atoms with van der Waals surface area (Å²) in [4.78, 5) is 18.8. The van der Waals surface area contributed by atoms with Crippen molar-refractivity contribution in [3.63, 3.8) is 0 Å². The van der Waals surface area contributed by atoms with E-state index in [0.29, 0.717) is 48.2 Å². The van der Waals surface area contributed by atoms with Gasteiger partial charge in [0.2, 0.25) is 0 Å². The number of hydrogen-bond donors (Lipinski definition) is 1. The molecule has 2 aromatic rings. The van der Waals surface area contributed by atoms with E-state index in [4.69, 9.17) is 0 Å². The summed E-state index contributed by atoms with van der Waals surface area (Å²) < 4.78 is 37.9. The lowest BCUT2D eigenvalue weighted by Crippen LogP contribution is -2.48. The maximum absolute atomic E-state index is 12.6. The zero-order chi connectivity index (χ0) is 17.3. The minimum atomic E-state index is -4.39. The first kappa shape index (κ1) is 16.6. The topological polar surface area (TPSA) is 56.7 Å². The Morgan fingerprint density at radius 3 is 2.50 bits per heavy atom. The first-order valence-corrected chi connectivity index (χ1v) is 8.02. The van der Waals surface area contributed by atoms with Gasteiger partial charge in [-0.1, -0.05) is 17.4 Å². The maximum Gasteiger partial charge on any atom is 0.427 e. The third-order valence-corrected chi connectivity index (χ3v) is 4.81. The summed E-state index contributed by atoms with van der Waals surface area (Å²) in [5, 5.41) is 9.75. The van der Waals surface area contributed by atoms with Gasteiger partial charge in [0.25, 0.3) is 5.91 Å². The average Bonchev–Trinajstić information content (AvgIpc) is 3.04. The number of nitrogens with zero attached hydrogens (tertiary/aromatic N) is 3. The van der Waals surface area contributed by atoms with Crippen molar-refractivity contribution in [1.82, 2.24) is 9.88 Å². The Hall–Kier alpha value is -2.29. The van der Waals surface area contributed by atoms with Crippen LogP contribution in [0.5, 0.6) is 5.75 Å². The van der Waals surface area contributed by atoms with Crippen molar-refractivity contribution in [3.8, 4) is 5.75 Å². The van der Waals surface area contributed by atoms with Crippen molar-refractivity contribution in [3.05, 3.63) is 40.9 Å². The lowest BCUT2D eigenvalue weighted by Gasteiger charge is -2.34. The predicted octanol–water partition coefficient (Wildman–Crippen LogP) is 2.83. The number of benzene rings is 1. The molecule has 0 saturated carbocycles. The smallest absolute Gasteiger partial charge is 0.427 e. The fourth-order valence-electron chi connectivity index (χ4n) is 2.46. The third-order valence-electron chi connectivity index (χ3n) is 3.70. The number of thiazole rings is 1.